The number of aryl methyl sites for hydroxylation is 2. The fourth-order valence-electron chi connectivity index (χ4n) is 6.83. The standard InChI is InChI=1S/C40H29N/c1-26-25-38(41-36-22-12-10-16-29(36)30-17-11-13-23-37(30)41)27(2)24-35(26)40-33-20-8-6-18-31(33)39(28-14-4-3-5-15-28)32-19-7-9-21-34(32)40/h3-25H,1-2H3. The predicted molar refractivity (Wildman–Crippen MR) is 176 cm³/mol. The highest BCUT2D eigenvalue weighted by Crippen LogP contribution is 2.45. The first-order valence-electron chi connectivity index (χ1n) is 14.3. The van der Waals surface area contributed by atoms with E-state index < -0.39 is 0 Å². The summed E-state index contributed by atoms with van der Waals surface area (Å²) in [6, 6.07) is 50.9. The Morgan fingerprint density at radius 1 is 0.390 bits per heavy atom. The highest BCUT2D eigenvalue weighted by Gasteiger charge is 2.20. The van der Waals surface area contributed by atoms with E-state index in [1.165, 1.54) is 82.4 Å². The number of hydrogen-bond donors (Lipinski definition) is 0. The lowest BCUT2D eigenvalue weighted by Gasteiger charge is -2.20. The molecule has 0 aliphatic rings. The lowest BCUT2D eigenvalue weighted by Crippen LogP contribution is -2.00. The van der Waals surface area contributed by atoms with Crippen LogP contribution in [0.1, 0.15) is 11.1 Å². The van der Waals surface area contributed by atoms with E-state index in [1.807, 2.05) is 0 Å². The van der Waals surface area contributed by atoms with Crippen molar-refractivity contribution in [1.29, 1.82) is 0 Å². The topological polar surface area (TPSA) is 4.93 Å². The number of benzene rings is 7. The fraction of sp³-hybridized carbons (Fsp3) is 0.0500. The van der Waals surface area contributed by atoms with Crippen LogP contribution in [0.4, 0.5) is 0 Å². The van der Waals surface area contributed by atoms with Crippen LogP contribution in [0.2, 0.25) is 0 Å². The van der Waals surface area contributed by atoms with Gasteiger partial charge in [0.2, 0.25) is 0 Å². The van der Waals surface area contributed by atoms with Crippen LogP contribution in [0.25, 0.3) is 71.3 Å². The largest absolute Gasteiger partial charge is 0.309 e. The van der Waals surface area contributed by atoms with Gasteiger partial charge in [0.1, 0.15) is 0 Å². The molecular weight excluding hydrogens is 494 g/mol. The molecule has 0 radical (unpaired) electrons. The smallest absolute Gasteiger partial charge is 0.0541 e. The van der Waals surface area contributed by atoms with Crippen molar-refractivity contribution in [2.24, 2.45) is 0 Å². The van der Waals surface area contributed by atoms with Crippen molar-refractivity contribution in [3.05, 3.63) is 151 Å². The lowest BCUT2D eigenvalue weighted by molar-refractivity contribution is 1.14. The van der Waals surface area contributed by atoms with Crippen molar-refractivity contribution in [2.45, 2.75) is 13.8 Å². The number of fused-ring (bicyclic) bond motifs is 5. The molecule has 0 aliphatic heterocycles. The van der Waals surface area contributed by atoms with Crippen LogP contribution in [0.5, 0.6) is 0 Å². The third-order valence-corrected chi connectivity index (χ3v) is 8.63. The van der Waals surface area contributed by atoms with Crippen LogP contribution in [0.15, 0.2) is 140 Å². The van der Waals surface area contributed by atoms with E-state index in [4.69, 9.17) is 0 Å². The summed E-state index contributed by atoms with van der Waals surface area (Å²) in [5.74, 6) is 0. The van der Waals surface area contributed by atoms with E-state index in [2.05, 4.69) is 158 Å². The summed E-state index contributed by atoms with van der Waals surface area (Å²) in [5, 5.41) is 7.73. The molecule has 0 bridgehead atoms. The van der Waals surface area contributed by atoms with Gasteiger partial charge in [-0.05, 0) is 93.0 Å². The van der Waals surface area contributed by atoms with Crippen molar-refractivity contribution in [1.82, 2.24) is 4.57 Å². The molecule has 8 aromatic rings. The number of para-hydroxylation sites is 2. The van der Waals surface area contributed by atoms with Crippen LogP contribution >= 0.6 is 0 Å². The molecule has 1 nitrogen and oxygen atoms in total. The zero-order valence-electron chi connectivity index (χ0n) is 23.2. The van der Waals surface area contributed by atoms with E-state index >= 15 is 0 Å². The average molecular weight is 524 g/mol. The molecule has 1 heteroatoms. The second-order valence-electron chi connectivity index (χ2n) is 11.0. The van der Waals surface area contributed by atoms with Gasteiger partial charge in [0.25, 0.3) is 0 Å². The zero-order chi connectivity index (χ0) is 27.5. The first kappa shape index (κ1) is 23.7. The van der Waals surface area contributed by atoms with Gasteiger partial charge in [-0.25, -0.2) is 0 Å². The quantitative estimate of drug-likeness (QED) is 0.203. The molecular formula is C40H29N. The molecule has 0 saturated carbocycles. The van der Waals surface area contributed by atoms with Crippen molar-refractivity contribution >= 4 is 43.4 Å². The average Bonchev–Trinajstić information content (AvgIpc) is 3.35. The Hall–Kier alpha value is -5.14. The monoisotopic (exact) mass is 523 g/mol. The van der Waals surface area contributed by atoms with Gasteiger partial charge < -0.3 is 4.57 Å². The number of nitrogens with zero attached hydrogens (tertiary/aromatic N) is 1. The molecule has 0 amide bonds. The molecule has 0 atom stereocenters. The van der Waals surface area contributed by atoms with Crippen molar-refractivity contribution in [3.63, 3.8) is 0 Å². The third kappa shape index (κ3) is 3.56. The van der Waals surface area contributed by atoms with Gasteiger partial charge in [0, 0.05) is 16.5 Å². The highest BCUT2D eigenvalue weighted by molar-refractivity contribution is 6.21. The van der Waals surface area contributed by atoms with Crippen LogP contribution in [0.3, 0.4) is 0 Å². The van der Waals surface area contributed by atoms with Gasteiger partial charge in [-0.3, -0.25) is 0 Å². The molecule has 194 valence electrons. The highest BCUT2D eigenvalue weighted by atomic mass is 15.0. The Kier molecular flexibility index (Phi) is 5.33. The first-order valence-corrected chi connectivity index (χ1v) is 14.3. The second kappa shape index (κ2) is 9.21. The summed E-state index contributed by atoms with van der Waals surface area (Å²) in [6.07, 6.45) is 0. The minimum Gasteiger partial charge on any atom is -0.309 e. The Morgan fingerprint density at radius 2 is 0.829 bits per heavy atom. The molecule has 7 aromatic carbocycles. The van der Waals surface area contributed by atoms with Crippen molar-refractivity contribution in [2.75, 3.05) is 0 Å². The van der Waals surface area contributed by atoms with E-state index in [9.17, 15) is 0 Å². The lowest BCUT2D eigenvalue weighted by atomic mass is 9.84. The maximum atomic E-state index is 2.44. The van der Waals surface area contributed by atoms with Crippen LogP contribution in [0, 0.1) is 13.8 Å². The summed E-state index contributed by atoms with van der Waals surface area (Å²) in [5.41, 5.74) is 11.4. The number of aromatic nitrogens is 1. The summed E-state index contributed by atoms with van der Waals surface area (Å²) in [7, 11) is 0. The minimum atomic E-state index is 1.23. The Morgan fingerprint density at radius 3 is 1.37 bits per heavy atom. The van der Waals surface area contributed by atoms with Gasteiger partial charge in [-0.2, -0.15) is 0 Å². The van der Waals surface area contributed by atoms with Crippen LogP contribution < -0.4 is 0 Å². The summed E-state index contributed by atoms with van der Waals surface area (Å²) >= 11 is 0. The molecule has 0 aliphatic carbocycles. The van der Waals surface area contributed by atoms with Gasteiger partial charge >= 0.3 is 0 Å². The van der Waals surface area contributed by atoms with Gasteiger partial charge in [0.05, 0.1) is 11.0 Å². The van der Waals surface area contributed by atoms with Crippen LogP contribution in [-0.2, 0) is 0 Å². The summed E-state index contributed by atoms with van der Waals surface area (Å²) in [4.78, 5) is 0. The zero-order valence-corrected chi connectivity index (χ0v) is 23.2. The molecule has 0 N–H and O–H groups in total. The van der Waals surface area contributed by atoms with Gasteiger partial charge in [-0.1, -0.05) is 115 Å². The van der Waals surface area contributed by atoms with Crippen molar-refractivity contribution in [3.8, 4) is 27.9 Å². The molecule has 41 heavy (non-hydrogen) atoms. The maximum absolute atomic E-state index is 2.44. The predicted octanol–water partition coefficient (Wildman–Crippen LogP) is 11.0. The Labute approximate surface area is 239 Å². The molecule has 0 unspecified atom stereocenters. The number of rotatable bonds is 3. The second-order valence-corrected chi connectivity index (χ2v) is 11.0. The maximum Gasteiger partial charge on any atom is 0.0541 e. The van der Waals surface area contributed by atoms with E-state index in [-0.39, 0.29) is 0 Å². The molecule has 1 heterocycles. The molecule has 0 spiro atoms. The molecule has 0 fully saturated rings. The minimum absolute atomic E-state index is 1.23. The molecule has 8 rings (SSSR count). The van der Waals surface area contributed by atoms with E-state index in [0.717, 1.165) is 0 Å². The van der Waals surface area contributed by atoms with Crippen LogP contribution in [-0.4, -0.2) is 4.57 Å². The summed E-state index contributed by atoms with van der Waals surface area (Å²) < 4.78 is 2.44. The van der Waals surface area contributed by atoms with Gasteiger partial charge in [0.15, 0.2) is 0 Å². The Bertz CT molecular complexity index is 2160. The SMILES string of the molecule is Cc1cc(-n2c3ccccc3c3ccccc32)c(C)cc1-c1c2ccccc2c(-c2ccccc2)c2ccccc12. The first-order chi connectivity index (χ1) is 20.2. The van der Waals surface area contributed by atoms with E-state index in [0.29, 0.717) is 0 Å². The van der Waals surface area contributed by atoms with Gasteiger partial charge in [-0.15, -0.1) is 0 Å². The fourth-order valence-corrected chi connectivity index (χ4v) is 6.83. The normalized spacial score (nSPS) is 11.7. The van der Waals surface area contributed by atoms with Crippen molar-refractivity contribution < 1.29 is 0 Å². The number of hydrogen-bond acceptors (Lipinski definition) is 0. The Balaban J connectivity index is 1.44. The molecule has 0 saturated heterocycles. The third-order valence-electron chi connectivity index (χ3n) is 8.63. The van der Waals surface area contributed by atoms with E-state index in [1.54, 1.807) is 0 Å². The molecule has 1 aromatic heterocycles. The summed E-state index contributed by atoms with van der Waals surface area (Å²) in [6.45, 7) is 4.52.